The zero-order chi connectivity index (χ0) is 30.3. The molecule has 3 aromatic carbocycles. The largest absolute Gasteiger partial charge is 0.458 e. The number of aryl methyl sites for hydroxylation is 4. The Kier molecular flexibility index (Phi) is 9.99. The summed E-state index contributed by atoms with van der Waals surface area (Å²) in [6.07, 6.45) is -0.219. The molecule has 2 aromatic heterocycles. The van der Waals surface area contributed by atoms with Gasteiger partial charge in [0.2, 0.25) is 5.91 Å². The number of carbonyl (C=O) groups excluding carboxylic acids is 1. The van der Waals surface area contributed by atoms with Crippen LogP contribution >= 0.6 is 0 Å². The summed E-state index contributed by atoms with van der Waals surface area (Å²) < 4.78 is 17.8. The molecule has 2 heterocycles. The number of benzene rings is 3. The molecule has 0 saturated heterocycles. The van der Waals surface area contributed by atoms with Gasteiger partial charge in [0.05, 0.1) is 24.3 Å². The second kappa shape index (κ2) is 13.6. The highest BCUT2D eigenvalue weighted by molar-refractivity contribution is 5.83. The molecule has 7 heteroatoms. The van der Waals surface area contributed by atoms with E-state index in [4.69, 9.17) is 19.4 Å². The Bertz CT molecular complexity index is 1570. The molecule has 0 bridgehead atoms. The predicted molar refractivity (Wildman–Crippen MR) is 166 cm³/mol. The van der Waals surface area contributed by atoms with Crippen molar-refractivity contribution in [3.8, 4) is 0 Å². The number of furan rings is 1. The number of hydrogen-bond acceptors (Lipinski definition) is 6. The number of nitrogens with one attached hydrogen (secondary N) is 1. The Labute approximate surface area is 248 Å². The minimum Gasteiger partial charge on any atom is -0.458 e. The fourth-order valence-electron chi connectivity index (χ4n) is 4.69. The van der Waals surface area contributed by atoms with Crippen LogP contribution in [0.15, 0.2) is 87.8 Å². The van der Waals surface area contributed by atoms with Crippen molar-refractivity contribution in [3.63, 3.8) is 0 Å². The molecule has 7 nitrogen and oxygen atoms in total. The first-order valence-corrected chi connectivity index (χ1v) is 14.2. The van der Waals surface area contributed by atoms with Gasteiger partial charge in [0, 0.05) is 17.5 Å². The first-order valence-electron chi connectivity index (χ1n) is 14.2. The highest BCUT2D eigenvalue weighted by Crippen LogP contribution is 2.35. The van der Waals surface area contributed by atoms with Gasteiger partial charge in [-0.25, -0.2) is 0 Å². The van der Waals surface area contributed by atoms with Crippen LogP contribution in [0.25, 0.3) is 11.0 Å². The third kappa shape index (κ3) is 8.41. The van der Waals surface area contributed by atoms with Gasteiger partial charge < -0.3 is 24.7 Å². The zero-order valence-electron chi connectivity index (χ0n) is 25.4. The quantitative estimate of drug-likeness (QED) is 0.198. The molecule has 220 valence electrons. The summed E-state index contributed by atoms with van der Waals surface area (Å²) in [4.78, 5) is 12.6. The number of ether oxygens (including phenoxy) is 1. The van der Waals surface area contributed by atoms with E-state index in [1.165, 1.54) is 11.1 Å². The summed E-state index contributed by atoms with van der Waals surface area (Å²) in [7, 11) is 0. The van der Waals surface area contributed by atoms with E-state index in [1.807, 2.05) is 88.4 Å². The molecule has 0 radical (unpaired) electrons. The number of aromatic nitrogens is 1. The van der Waals surface area contributed by atoms with Crippen LogP contribution in [0.1, 0.15) is 65.0 Å². The molecule has 1 unspecified atom stereocenters. The lowest BCUT2D eigenvalue weighted by Crippen LogP contribution is -2.38. The fourth-order valence-corrected chi connectivity index (χ4v) is 4.69. The number of hydrogen-bond donors (Lipinski definition) is 2. The normalized spacial score (nSPS) is 12.1. The Morgan fingerprint density at radius 3 is 2.26 bits per heavy atom. The second-order valence-electron chi connectivity index (χ2n) is 11.5. The molecular formula is C35H41N3O4. The van der Waals surface area contributed by atoms with E-state index in [0.29, 0.717) is 24.7 Å². The molecule has 42 heavy (non-hydrogen) atoms. The van der Waals surface area contributed by atoms with E-state index >= 15 is 0 Å². The fraction of sp³-hybridized carbons (Fsp3) is 0.314. The average Bonchev–Trinajstić information content (AvgIpc) is 3.51. The van der Waals surface area contributed by atoms with Crippen molar-refractivity contribution < 1.29 is 18.5 Å². The molecule has 0 saturated carbocycles. The first-order chi connectivity index (χ1) is 20.0. The molecule has 1 atom stereocenters. The molecule has 5 rings (SSSR count). The van der Waals surface area contributed by atoms with Crippen LogP contribution in [0.4, 0.5) is 0 Å². The summed E-state index contributed by atoms with van der Waals surface area (Å²) in [5.41, 5.74) is 12.4. The molecule has 0 aliphatic rings. The van der Waals surface area contributed by atoms with Crippen LogP contribution in [0.5, 0.6) is 0 Å². The number of nitrogens with two attached hydrogens (primary N) is 1. The Morgan fingerprint density at radius 2 is 1.67 bits per heavy atom. The van der Waals surface area contributed by atoms with Gasteiger partial charge in [0.25, 0.3) is 0 Å². The van der Waals surface area contributed by atoms with Crippen molar-refractivity contribution in [2.45, 2.75) is 66.2 Å². The summed E-state index contributed by atoms with van der Waals surface area (Å²) in [5, 5.41) is 8.01. The molecule has 1 amide bonds. The first kappa shape index (κ1) is 30.8. The number of carbonyl (C=O) groups is 1. The minimum atomic E-state index is -0.513. The van der Waals surface area contributed by atoms with Gasteiger partial charge in [-0.15, -0.1) is 0 Å². The van der Waals surface area contributed by atoms with Crippen molar-refractivity contribution in [2.24, 2.45) is 5.73 Å². The highest BCUT2D eigenvalue weighted by Gasteiger charge is 2.28. The number of nitrogens with zero attached hydrogens (tertiary/aromatic N) is 1. The van der Waals surface area contributed by atoms with E-state index in [0.717, 1.165) is 33.4 Å². The lowest BCUT2D eigenvalue weighted by Gasteiger charge is -2.23. The highest BCUT2D eigenvalue weighted by atomic mass is 16.5. The van der Waals surface area contributed by atoms with E-state index in [2.05, 4.69) is 42.5 Å². The number of amides is 1. The summed E-state index contributed by atoms with van der Waals surface area (Å²) in [6, 6.07) is 26.0. The lowest BCUT2D eigenvalue weighted by atomic mass is 10.0. The van der Waals surface area contributed by atoms with Gasteiger partial charge in [-0.3, -0.25) is 4.79 Å². The predicted octanol–water partition coefficient (Wildman–Crippen LogP) is 7.04. The third-order valence-electron chi connectivity index (χ3n) is 6.84. The third-order valence-corrected chi connectivity index (χ3v) is 6.84. The Balaban J connectivity index is 0.000000600. The second-order valence-corrected chi connectivity index (χ2v) is 11.5. The average molecular weight is 568 g/mol. The molecule has 0 aliphatic carbocycles. The zero-order valence-corrected chi connectivity index (χ0v) is 25.4. The van der Waals surface area contributed by atoms with Crippen LogP contribution in [0, 0.1) is 27.7 Å². The molecule has 3 N–H and O–H groups in total. The van der Waals surface area contributed by atoms with Crippen LogP contribution < -0.4 is 11.1 Å². The molecule has 0 fully saturated rings. The molecular weight excluding hydrogens is 526 g/mol. The van der Waals surface area contributed by atoms with Gasteiger partial charge in [-0.05, 0) is 76.4 Å². The van der Waals surface area contributed by atoms with Gasteiger partial charge >= 0.3 is 0 Å². The van der Waals surface area contributed by atoms with Crippen molar-refractivity contribution in [2.75, 3.05) is 6.61 Å². The van der Waals surface area contributed by atoms with Crippen LogP contribution in [-0.2, 0) is 22.5 Å². The van der Waals surface area contributed by atoms with Gasteiger partial charge in [-0.1, -0.05) is 71.4 Å². The monoisotopic (exact) mass is 567 g/mol. The summed E-state index contributed by atoms with van der Waals surface area (Å²) in [5.74, 6) is 1.29. The van der Waals surface area contributed by atoms with E-state index < -0.39 is 11.6 Å². The van der Waals surface area contributed by atoms with Crippen LogP contribution in [0.2, 0.25) is 0 Å². The van der Waals surface area contributed by atoms with E-state index in [-0.39, 0.29) is 12.3 Å². The van der Waals surface area contributed by atoms with Gasteiger partial charge in [-0.2, -0.15) is 0 Å². The maximum atomic E-state index is 12.6. The van der Waals surface area contributed by atoms with E-state index in [1.54, 1.807) is 0 Å². The van der Waals surface area contributed by atoms with Crippen molar-refractivity contribution in [3.05, 3.63) is 124 Å². The SMILES string of the molecule is Cc1ccc(CNC(=O)Cc2ccc3oc(C(OCC(C)(C)N)c4c(C)noc4C)cc3c2)c(C)c1.c1ccccc1. The number of rotatable bonds is 9. The smallest absolute Gasteiger partial charge is 0.224 e. The molecule has 0 aliphatic heterocycles. The van der Waals surface area contributed by atoms with Crippen molar-refractivity contribution in [1.29, 1.82) is 0 Å². The standard InChI is InChI=1S/C29H35N3O4.C6H6/c1-17-7-9-22(18(2)11-17)15-31-26(33)13-21-8-10-24-23(12-21)14-25(35-24)28(34-16-29(5,6)30)27-19(3)32-36-20(27)4;1-2-4-6-5-3-1/h7-12,14,28H,13,15-16,30H2,1-6H3,(H,31,33);1-6H. The summed E-state index contributed by atoms with van der Waals surface area (Å²) >= 11 is 0. The number of fused-ring (bicyclic) bond motifs is 1. The Hall–Kier alpha value is -4.20. The maximum Gasteiger partial charge on any atom is 0.224 e. The van der Waals surface area contributed by atoms with Gasteiger partial charge in [0.1, 0.15) is 23.2 Å². The lowest BCUT2D eigenvalue weighted by molar-refractivity contribution is -0.120. The van der Waals surface area contributed by atoms with Crippen molar-refractivity contribution >= 4 is 16.9 Å². The minimum absolute atomic E-state index is 0.0276. The van der Waals surface area contributed by atoms with Crippen molar-refractivity contribution in [1.82, 2.24) is 10.5 Å². The van der Waals surface area contributed by atoms with Gasteiger partial charge in [0.15, 0.2) is 0 Å². The van der Waals surface area contributed by atoms with Crippen LogP contribution in [-0.4, -0.2) is 23.2 Å². The van der Waals surface area contributed by atoms with E-state index in [9.17, 15) is 4.79 Å². The molecule has 5 aromatic rings. The topological polar surface area (TPSA) is 104 Å². The Morgan fingerprint density at radius 1 is 0.976 bits per heavy atom. The summed E-state index contributed by atoms with van der Waals surface area (Å²) in [6.45, 7) is 12.5. The maximum absolute atomic E-state index is 12.6. The molecule has 0 spiro atoms. The van der Waals surface area contributed by atoms with Crippen LogP contribution in [0.3, 0.4) is 0 Å².